The molecule has 2 aromatic rings. The maximum atomic E-state index is 10.9. The number of carbonyl (C=O) groups excluding carboxylic acids is 1. The number of aromatic nitrogens is 1. The van der Waals surface area contributed by atoms with Crippen molar-refractivity contribution in [2.75, 3.05) is 0 Å². The van der Waals surface area contributed by atoms with Crippen LogP contribution in [0, 0.1) is 27.7 Å². The van der Waals surface area contributed by atoms with Gasteiger partial charge in [0.25, 0.3) is 0 Å². The molecule has 0 spiro atoms. The van der Waals surface area contributed by atoms with E-state index in [0.29, 0.717) is 0 Å². The van der Waals surface area contributed by atoms with Gasteiger partial charge in [0.05, 0.1) is 6.21 Å². The summed E-state index contributed by atoms with van der Waals surface area (Å²) in [7, 11) is 0. The van der Waals surface area contributed by atoms with Crippen molar-refractivity contribution in [1.82, 2.24) is 9.99 Å². The van der Waals surface area contributed by atoms with Gasteiger partial charge >= 0.3 is 0 Å². The van der Waals surface area contributed by atoms with E-state index in [1.807, 2.05) is 0 Å². The van der Waals surface area contributed by atoms with Crippen LogP contribution in [0.4, 0.5) is 0 Å². The van der Waals surface area contributed by atoms with Crippen molar-refractivity contribution in [1.29, 1.82) is 0 Å². The molecule has 0 atom stereocenters. The summed E-state index contributed by atoms with van der Waals surface area (Å²) in [5.74, 6) is -0.172. The summed E-state index contributed by atoms with van der Waals surface area (Å²) in [6.07, 6.45) is 1.68. The van der Waals surface area contributed by atoms with E-state index in [2.05, 4.69) is 67.1 Å². The maximum Gasteiger partial charge on any atom is 0.236 e. The summed E-state index contributed by atoms with van der Waals surface area (Å²) in [5, 5.41) is 3.95. The highest BCUT2D eigenvalue weighted by atomic mass is 16.2. The number of benzene rings is 1. The molecule has 2 rings (SSSR count). The van der Waals surface area contributed by atoms with Crippen molar-refractivity contribution in [3.05, 3.63) is 52.3 Å². The molecule has 0 aliphatic heterocycles. The molecule has 0 aliphatic carbocycles. The number of amides is 1. The highest BCUT2D eigenvalue weighted by molar-refractivity contribution is 5.83. The molecule has 0 bridgehead atoms. The Morgan fingerprint density at radius 3 is 2.29 bits per heavy atom. The highest BCUT2D eigenvalue weighted by Gasteiger charge is 2.10. The zero-order valence-electron chi connectivity index (χ0n) is 13.2. The van der Waals surface area contributed by atoms with Crippen LogP contribution >= 0.6 is 0 Å². The highest BCUT2D eigenvalue weighted by Crippen LogP contribution is 2.21. The molecular formula is C17H21N3O. The molecule has 1 N–H and O–H groups in total. The molecule has 0 radical (unpaired) electrons. The monoisotopic (exact) mass is 283 g/mol. The Hall–Kier alpha value is -2.36. The SMILES string of the molecule is CC(=O)N/N=C\c1cc(C)n(-c2cc(C)cc(C)c2)c1C. The number of rotatable bonds is 3. The van der Waals surface area contributed by atoms with E-state index >= 15 is 0 Å². The Morgan fingerprint density at radius 1 is 1.10 bits per heavy atom. The Bertz CT molecular complexity index is 691. The number of nitrogens with zero attached hydrogens (tertiary/aromatic N) is 2. The van der Waals surface area contributed by atoms with Gasteiger partial charge in [-0.1, -0.05) is 6.07 Å². The fraction of sp³-hybridized carbons (Fsp3) is 0.294. The van der Waals surface area contributed by atoms with Gasteiger partial charge < -0.3 is 4.57 Å². The van der Waals surface area contributed by atoms with Crippen molar-refractivity contribution >= 4 is 12.1 Å². The standard InChI is InChI=1S/C17H21N3O/c1-11-6-12(2)8-17(7-11)20-13(3)9-16(14(20)4)10-18-19-15(5)21/h6-10H,1-5H3,(H,19,21)/b18-10-. The third-order valence-electron chi connectivity index (χ3n) is 3.36. The van der Waals surface area contributed by atoms with Crippen LogP contribution in [0.3, 0.4) is 0 Å². The minimum absolute atomic E-state index is 0.172. The van der Waals surface area contributed by atoms with Crippen LogP contribution in [0.2, 0.25) is 0 Å². The molecule has 110 valence electrons. The molecular weight excluding hydrogens is 262 g/mol. The van der Waals surface area contributed by atoms with Crippen molar-refractivity contribution < 1.29 is 4.79 Å². The van der Waals surface area contributed by atoms with Gasteiger partial charge in [-0.15, -0.1) is 0 Å². The van der Waals surface area contributed by atoms with Gasteiger partial charge in [-0.05, 0) is 57.0 Å². The van der Waals surface area contributed by atoms with Crippen molar-refractivity contribution in [3.8, 4) is 5.69 Å². The first-order valence-corrected chi connectivity index (χ1v) is 6.95. The van der Waals surface area contributed by atoms with Crippen LogP contribution in [0.5, 0.6) is 0 Å². The quantitative estimate of drug-likeness (QED) is 0.682. The van der Waals surface area contributed by atoms with Gasteiger partial charge in [0.2, 0.25) is 5.91 Å². The number of hydrazone groups is 1. The number of nitrogens with one attached hydrogen (secondary N) is 1. The smallest absolute Gasteiger partial charge is 0.236 e. The fourth-order valence-electron chi connectivity index (χ4n) is 2.59. The lowest BCUT2D eigenvalue weighted by atomic mass is 10.1. The molecule has 0 aliphatic rings. The maximum absolute atomic E-state index is 10.9. The summed E-state index contributed by atoms with van der Waals surface area (Å²) < 4.78 is 2.20. The summed E-state index contributed by atoms with van der Waals surface area (Å²) in [4.78, 5) is 10.9. The Morgan fingerprint density at radius 2 is 1.71 bits per heavy atom. The van der Waals surface area contributed by atoms with Crippen molar-refractivity contribution in [2.45, 2.75) is 34.6 Å². The first-order valence-electron chi connectivity index (χ1n) is 6.95. The molecule has 1 aromatic heterocycles. The van der Waals surface area contributed by atoms with E-state index in [9.17, 15) is 4.79 Å². The van der Waals surface area contributed by atoms with Gasteiger partial charge in [0.1, 0.15) is 0 Å². The molecule has 1 heterocycles. The molecule has 0 fully saturated rings. The molecule has 4 heteroatoms. The lowest BCUT2D eigenvalue weighted by Gasteiger charge is -2.11. The van der Waals surface area contributed by atoms with E-state index in [4.69, 9.17) is 0 Å². The second-order valence-corrected chi connectivity index (χ2v) is 5.43. The van der Waals surface area contributed by atoms with E-state index < -0.39 is 0 Å². The first-order chi connectivity index (χ1) is 9.88. The average molecular weight is 283 g/mol. The van der Waals surface area contributed by atoms with E-state index in [1.165, 1.54) is 18.1 Å². The van der Waals surface area contributed by atoms with Crippen LogP contribution in [-0.4, -0.2) is 16.7 Å². The third kappa shape index (κ3) is 3.40. The summed E-state index contributed by atoms with van der Waals surface area (Å²) in [6.45, 7) is 9.77. The minimum atomic E-state index is -0.172. The van der Waals surface area contributed by atoms with Gasteiger partial charge in [0.15, 0.2) is 0 Å². The molecule has 1 aromatic carbocycles. The summed E-state index contributed by atoms with van der Waals surface area (Å²) in [6, 6.07) is 8.57. The lowest BCUT2D eigenvalue weighted by Crippen LogP contribution is -2.12. The Balaban J connectivity index is 2.43. The van der Waals surface area contributed by atoms with Gasteiger partial charge in [-0.25, -0.2) is 5.43 Å². The second kappa shape index (κ2) is 5.95. The lowest BCUT2D eigenvalue weighted by molar-refractivity contribution is -0.118. The number of aryl methyl sites for hydroxylation is 3. The van der Waals surface area contributed by atoms with E-state index in [-0.39, 0.29) is 5.91 Å². The molecule has 0 unspecified atom stereocenters. The zero-order chi connectivity index (χ0) is 15.6. The van der Waals surface area contributed by atoms with Crippen LogP contribution in [-0.2, 0) is 4.79 Å². The van der Waals surface area contributed by atoms with Gasteiger partial charge in [-0.2, -0.15) is 5.10 Å². The summed E-state index contributed by atoms with van der Waals surface area (Å²) in [5.41, 5.74) is 9.31. The predicted octanol–water partition coefficient (Wildman–Crippen LogP) is 3.18. The van der Waals surface area contributed by atoms with Crippen molar-refractivity contribution in [3.63, 3.8) is 0 Å². The number of hydrogen-bond donors (Lipinski definition) is 1. The fourth-order valence-corrected chi connectivity index (χ4v) is 2.59. The third-order valence-corrected chi connectivity index (χ3v) is 3.36. The number of hydrogen-bond acceptors (Lipinski definition) is 2. The molecule has 21 heavy (non-hydrogen) atoms. The van der Waals surface area contributed by atoms with Gasteiger partial charge in [-0.3, -0.25) is 4.79 Å². The molecule has 1 amide bonds. The second-order valence-electron chi connectivity index (χ2n) is 5.43. The Kier molecular flexibility index (Phi) is 4.26. The molecule has 0 saturated heterocycles. The van der Waals surface area contributed by atoms with Crippen molar-refractivity contribution in [2.24, 2.45) is 5.10 Å². The van der Waals surface area contributed by atoms with Crippen LogP contribution < -0.4 is 5.43 Å². The topological polar surface area (TPSA) is 46.4 Å². The number of carbonyl (C=O) groups is 1. The first kappa shape index (κ1) is 15.0. The normalized spacial score (nSPS) is 11.1. The van der Waals surface area contributed by atoms with Crippen LogP contribution in [0.15, 0.2) is 29.4 Å². The van der Waals surface area contributed by atoms with E-state index in [1.54, 1.807) is 6.21 Å². The molecule has 0 saturated carbocycles. The molecule has 4 nitrogen and oxygen atoms in total. The largest absolute Gasteiger partial charge is 0.318 e. The summed E-state index contributed by atoms with van der Waals surface area (Å²) >= 11 is 0. The van der Waals surface area contributed by atoms with E-state index in [0.717, 1.165) is 22.6 Å². The van der Waals surface area contributed by atoms with Crippen LogP contribution in [0.1, 0.15) is 35.0 Å². The average Bonchev–Trinajstić information content (AvgIpc) is 2.62. The Labute approximate surface area is 125 Å². The zero-order valence-corrected chi connectivity index (χ0v) is 13.2. The predicted molar refractivity (Wildman–Crippen MR) is 86.1 cm³/mol. The van der Waals surface area contributed by atoms with Gasteiger partial charge in [0, 0.05) is 29.6 Å². The minimum Gasteiger partial charge on any atom is -0.318 e. The van der Waals surface area contributed by atoms with Crippen LogP contribution in [0.25, 0.3) is 5.69 Å².